The molecule has 1 aliphatic carbocycles. The van der Waals surface area contributed by atoms with Crippen LogP contribution in [0.2, 0.25) is 0 Å². The molecule has 0 fully saturated rings. The number of rotatable bonds is 6. The maximum Gasteiger partial charge on any atom is 0.407 e. The summed E-state index contributed by atoms with van der Waals surface area (Å²) in [6, 6.07) is 27.3. The topological polar surface area (TPSA) is 66.0 Å². The average molecular weight is 494 g/mol. The summed E-state index contributed by atoms with van der Waals surface area (Å²) in [6.07, 6.45) is -0.509. The van der Waals surface area contributed by atoms with Crippen LogP contribution in [0.25, 0.3) is 11.1 Å². The molecular weight excluding hydrogens is 466 g/mol. The van der Waals surface area contributed by atoms with E-state index in [0.29, 0.717) is 29.6 Å². The van der Waals surface area contributed by atoms with Gasteiger partial charge in [0.2, 0.25) is 0 Å². The predicted molar refractivity (Wildman–Crippen MR) is 141 cm³/mol. The van der Waals surface area contributed by atoms with Crippen LogP contribution >= 0.6 is 0 Å². The van der Waals surface area contributed by atoms with Crippen LogP contribution in [0.15, 0.2) is 84.9 Å². The lowest BCUT2D eigenvalue weighted by Crippen LogP contribution is -2.33. The summed E-state index contributed by atoms with van der Waals surface area (Å²) < 4.78 is 23.4. The summed E-state index contributed by atoms with van der Waals surface area (Å²) in [7, 11) is 1.59. The van der Waals surface area contributed by atoms with Crippen LogP contribution in [-0.4, -0.2) is 26.4 Å². The smallest absolute Gasteiger partial charge is 0.407 e. The van der Waals surface area contributed by atoms with E-state index in [1.165, 1.54) is 22.3 Å². The van der Waals surface area contributed by atoms with Crippen LogP contribution in [0.1, 0.15) is 41.1 Å². The van der Waals surface area contributed by atoms with E-state index in [-0.39, 0.29) is 12.5 Å². The summed E-state index contributed by atoms with van der Waals surface area (Å²) in [5.41, 5.74) is 6.26. The van der Waals surface area contributed by atoms with Gasteiger partial charge in [-0.25, -0.2) is 4.79 Å². The van der Waals surface area contributed by atoms with E-state index in [9.17, 15) is 4.79 Å². The van der Waals surface area contributed by atoms with Crippen molar-refractivity contribution in [3.8, 4) is 34.1 Å². The number of para-hydroxylation sites is 1. The number of methoxy groups -OCH3 is 1. The van der Waals surface area contributed by atoms with Crippen molar-refractivity contribution in [3.05, 3.63) is 107 Å². The first-order chi connectivity index (χ1) is 18.2. The zero-order chi connectivity index (χ0) is 25.4. The predicted octanol–water partition coefficient (Wildman–Crippen LogP) is 6.83. The van der Waals surface area contributed by atoms with Crippen molar-refractivity contribution in [2.75, 3.05) is 20.3 Å². The number of nitrogens with one attached hydrogen (secondary N) is 1. The molecule has 0 radical (unpaired) electrons. The van der Waals surface area contributed by atoms with Gasteiger partial charge in [-0.05, 0) is 35.2 Å². The van der Waals surface area contributed by atoms with Crippen LogP contribution in [0.5, 0.6) is 23.0 Å². The van der Waals surface area contributed by atoms with Crippen LogP contribution in [0.3, 0.4) is 0 Å². The van der Waals surface area contributed by atoms with Crippen molar-refractivity contribution < 1.29 is 23.7 Å². The van der Waals surface area contributed by atoms with Crippen LogP contribution in [0, 0.1) is 0 Å². The van der Waals surface area contributed by atoms with Gasteiger partial charge in [0.1, 0.15) is 29.6 Å². The fourth-order valence-electron chi connectivity index (χ4n) is 5.36. The maximum atomic E-state index is 13.2. The van der Waals surface area contributed by atoms with Crippen molar-refractivity contribution in [1.82, 2.24) is 5.32 Å². The maximum absolute atomic E-state index is 13.2. The van der Waals surface area contributed by atoms with Crippen molar-refractivity contribution >= 4 is 6.09 Å². The number of benzene rings is 4. The molecule has 6 nitrogen and oxygen atoms in total. The quantitative estimate of drug-likeness (QED) is 0.319. The highest BCUT2D eigenvalue weighted by molar-refractivity contribution is 5.79. The molecule has 1 N–H and O–H groups in total. The normalized spacial score (nSPS) is 14.9. The Kier molecular flexibility index (Phi) is 5.93. The number of hydrogen-bond acceptors (Lipinski definition) is 5. The molecular formula is C31H27NO5. The summed E-state index contributed by atoms with van der Waals surface area (Å²) in [5.74, 6) is 2.42. The molecule has 0 saturated heterocycles. The fraction of sp³-hybridized carbons (Fsp3) is 0.194. The van der Waals surface area contributed by atoms with Gasteiger partial charge in [-0.3, -0.25) is 0 Å². The molecule has 1 amide bonds. The average Bonchev–Trinajstić information content (AvgIpc) is 3.25. The molecule has 0 aromatic heterocycles. The molecule has 4 aromatic carbocycles. The zero-order valence-electron chi connectivity index (χ0n) is 20.7. The Labute approximate surface area is 215 Å². The number of carbonyl (C=O) groups is 1. The first kappa shape index (κ1) is 23.0. The Morgan fingerprint density at radius 3 is 2.19 bits per heavy atom. The van der Waals surface area contributed by atoms with Gasteiger partial charge in [0, 0.05) is 23.6 Å². The van der Waals surface area contributed by atoms with Gasteiger partial charge >= 0.3 is 6.09 Å². The zero-order valence-corrected chi connectivity index (χ0v) is 20.7. The molecule has 6 heteroatoms. The second-order valence-electron chi connectivity index (χ2n) is 9.01. The third kappa shape index (κ3) is 4.04. The standard InChI is InChI=1S/C31H27NO5/c1-3-35-19-16-27(34-2)29-28(17-19)37-26-15-9-8-14-24(26)30(29)32-31(33)36-18-25-22-12-6-4-10-20(22)21-11-5-7-13-23(21)25/h4-17,25,30H,3,18H2,1-2H3,(H,32,33). The second-order valence-corrected chi connectivity index (χ2v) is 9.01. The summed E-state index contributed by atoms with van der Waals surface area (Å²) >= 11 is 0. The number of carbonyl (C=O) groups excluding carboxylic acids is 1. The highest BCUT2D eigenvalue weighted by Gasteiger charge is 2.34. The van der Waals surface area contributed by atoms with Crippen LogP contribution in [0.4, 0.5) is 4.79 Å². The first-order valence-electron chi connectivity index (χ1n) is 12.4. The number of ether oxygens (including phenoxy) is 4. The van der Waals surface area contributed by atoms with Gasteiger partial charge in [-0.2, -0.15) is 0 Å². The third-order valence-corrected chi connectivity index (χ3v) is 6.95. The van der Waals surface area contributed by atoms with Crippen molar-refractivity contribution in [2.24, 2.45) is 0 Å². The van der Waals surface area contributed by atoms with E-state index < -0.39 is 12.1 Å². The van der Waals surface area contributed by atoms with Gasteiger partial charge in [-0.15, -0.1) is 0 Å². The molecule has 2 aliphatic rings. The van der Waals surface area contributed by atoms with E-state index >= 15 is 0 Å². The van der Waals surface area contributed by atoms with E-state index in [2.05, 4.69) is 29.6 Å². The molecule has 4 aromatic rings. The van der Waals surface area contributed by atoms with E-state index in [4.69, 9.17) is 18.9 Å². The molecule has 6 rings (SSSR count). The van der Waals surface area contributed by atoms with E-state index in [1.807, 2.05) is 67.6 Å². The van der Waals surface area contributed by atoms with Crippen LogP contribution < -0.4 is 19.5 Å². The largest absolute Gasteiger partial charge is 0.496 e. The number of hydrogen-bond donors (Lipinski definition) is 1. The first-order valence-corrected chi connectivity index (χ1v) is 12.4. The Morgan fingerprint density at radius 1 is 0.865 bits per heavy atom. The highest BCUT2D eigenvalue weighted by atomic mass is 16.5. The SMILES string of the molecule is CCOc1cc(OC)c2c(c1)Oc1ccccc1C2NC(=O)OCC1c2ccccc2-c2ccccc21. The summed E-state index contributed by atoms with van der Waals surface area (Å²) in [5, 5.41) is 3.07. The van der Waals surface area contributed by atoms with E-state index in [0.717, 1.165) is 11.1 Å². The molecule has 1 unspecified atom stereocenters. The number of fused-ring (bicyclic) bond motifs is 5. The van der Waals surface area contributed by atoms with Crippen molar-refractivity contribution in [2.45, 2.75) is 18.9 Å². The lowest BCUT2D eigenvalue weighted by Gasteiger charge is -2.30. The number of amides is 1. The Morgan fingerprint density at radius 2 is 1.51 bits per heavy atom. The molecule has 1 heterocycles. The molecule has 0 saturated carbocycles. The van der Waals surface area contributed by atoms with Gasteiger partial charge in [0.05, 0.1) is 25.3 Å². The van der Waals surface area contributed by atoms with Crippen LogP contribution in [-0.2, 0) is 4.74 Å². The molecule has 37 heavy (non-hydrogen) atoms. The van der Waals surface area contributed by atoms with E-state index in [1.54, 1.807) is 7.11 Å². The lowest BCUT2D eigenvalue weighted by atomic mass is 9.93. The Balaban J connectivity index is 1.28. The monoisotopic (exact) mass is 493 g/mol. The Hall–Kier alpha value is -4.45. The summed E-state index contributed by atoms with van der Waals surface area (Å²) in [4.78, 5) is 13.2. The van der Waals surface area contributed by atoms with Gasteiger partial charge < -0.3 is 24.3 Å². The highest BCUT2D eigenvalue weighted by Crippen LogP contribution is 2.49. The Bertz CT molecular complexity index is 1430. The molecule has 186 valence electrons. The van der Waals surface area contributed by atoms with Crippen molar-refractivity contribution in [3.63, 3.8) is 0 Å². The second kappa shape index (κ2) is 9.54. The minimum Gasteiger partial charge on any atom is -0.496 e. The third-order valence-electron chi connectivity index (χ3n) is 6.95. The molecule has 0 spiro atoms. The molecule has 1 aliphatic heterocycles. The molecule has 0 bridgehead atoms. The van der Waals surface area contributed by atoms with Gasteiger partial charge in [-0.1, -0.05) is 66.7 Å². The van der Waals surface area contributed by atoms with Gasteiger partial charge in [0.15, 0.2) is 0 Å². The fourth-order valence-corrected chi connectivity index (χ4v) is 5.36. The van der Waals surface area contributed by atoms with Gasteiger partial charge in [0.25, 0.3) is 0 Å². The summed E-state index contributed by atoms with van der Waals surface area (Å²) in [6.45, 7) is 2.67. The number of alkyl carbamates (subject to hydrolysis) is 1. The minimum absolute atomic E-state index is 0.0179. The van der Waals surface area contributed by atoms with Crippen molar-refractivity contribution in [1.29, 1.82) is 0 Å². The lowest BCUT2D eigenvalue weighted by molar-refractivity contribution is 0.140. The molecule has 1 atom stereocenters. The minimum atomic E-state index is -0.513.